The van der Waals surface area contributed by atoms with E-state index in [4.69, 9.17) is 5.73 Å². The summed E-state index contributed by atoms with van der Waals surface area (Å²) in [7, 11) is 0. The van der Waals surface area contributed by atoms with Gasteiger partial charge in [-0.25, -0.2) is 9.78 Å². The van der Waals surface area contributed by atoms with Gasteiger partial charge in [-0.15, -0.1) is 0 Å². The summed E-state index contributed by atoms with van der Waals surface area (Å²) >= 11 is 0. The Morgan fingerprint density at radius 1 is 1.21 bits per heavy atom. The molecule has 0 unspecified atom stereocenters. The van der Waals surface area contributed by atoms with Crippen LogP contribution in [0.5, 0.6) is 0 Å². The zero-order valence-electron chi connectivity index (χ0n) is 19.2. The second-order valence-corrected chi connectivity index (χ2v) is 8.79. The number of anilines is 2. The number of aryl methyl sites for hydroxylation is 1. The molecule has 2 aromatic heterocycles. The third-order valence-corrected chi connectivity index (χ3v) is 6.01. The zero-order chi connectivity index (χ0) is 24.5. The molecule has 1 atom stereocenters. The van der Waals surface area contributed by atoms with Gasteiger partial charge in [0.2, 0.25) is 0 Å². The predicted molar refractivity (Wildman–Crippen MR) is 127 cm³/mol. The Morgan fingerprint density at radius 3 is 2.50 bits per heavy atom. The van der Waals surface area contributed by atoms with Crippen LogP contribution in [0.3, 0.4) is 0 Å². The number of urea groups is 1. The highest BCUT2D eigenvalue weighted by Gasteiger charge is 2.24. The molecule has 180 valence electrons. The Morgan fingerprint density at radius 2 is 1.88 bits per heavy atom. The molecule has 0 saturated carbocycles. The molecular weight excluding hydrogens is 438 g/mol. The van der Waals surface area contributed by atoms with Crippen molar-refractivity contribution in [1.82, 2.24) is 19.9 Å². The largest absolute Gasteiger partial charge is 0.393 e. The monoisotopic (exact) mass is 467 g/mol. The molecule has 6 N–H and O–H groups in total. The third kappa shape index (κ3) is 4.95. The van der Waals surface area contributed by atoms with Crippen molar-refractivity contribution in [1.29, 1.82) is 0 Å². The lowest BCUT2D eigenvalue weighted by Gasteiger charge is -2.33. The Hall–Kier alpha value is -3.70. The molecule has 1 aromatic carbocycles. The number of aromatic nitrogens is 3. The number of carbonyl (C=O) groups excluding carboxylic acids is 2. The van der Waals surface area contributed by atoms with Crippen LogP contribution in [0.15, 0.2) is 36.4 Å². The number of nitrogens with one attached hydrogen (secondary N) is 2. The van der Waals surface area contributed by atoms with Gasteiger partial charge in [0.1, 0.15) is 17.2 Å². The van der Waals surface area contributed by atoms with Crippen molar-refractivity contribution in [3.63, 3.8) is 0 Å². The number of hydrogen-bond donors (Lipinski definition) is 5. The average molecular weight is 468 g/mol. The van der Waals surface area contributed by atoms with Gasteiger partial charge >= 0.3 is 6.03 Å². The minimum Gasteiger partial charge on any atom is -0.393 e. The molecule has 3 heterocycles. The van der Waals surface area contributed by atoms with Crippen LogP contribution in [0.4, 0.5) is 16.4 Å². The minimum atomic E-state index is -1.38. The molecule has 4 rings (SSSR count). The summed E-state index contributed by atoms with van der Waals surface area (Å²) in [5.41, 5.74) is 6.18. The van der Waals surface area contributed by atoms with E-state index in [-0.39, 0.29) is 11.9 Å². The SMILES string of the molecule is Cc1cc2nc(NC(=O)c3ccc([C@@](C)(O)CO)cc3)cc(N3CCC(NC(N)=O)CC3)n2n1. The summed E-state index contributed by atoms with van der Waals surface area (Å²) in [5, 5.41) is 29.6. The molecule has 1 aliphatic rings. The minimum absolute atomic E-state index is 0.0270. The molecule has 1 aliphatic heterocycles. The quantitative estimate of drug-likeness (QED) is 0.363. The van der Waals surface area contributed by atoms with Crippen molar-refractivity contribution in [2.24, 2.45) is 5.73 Å². The van der Waals surface area contributed by atoms with Crippen molar-refractivity contribution >= 4 is 29.2 Å². The van der Waals surface area contributed by atoms with Gasteiger partial charge in [0, 0.05) is 36.8 Å². The number of benzene rings is 1. The first kappa shape index (κ1) is 23.5. The van der Waals surface area contributed by atoms with Crippen LogP contribution in [0, 0.1) is 6.92 Å². The fourth-order valence-corrected chi connectivity index (χ4v) is 4.08. The van der Waals surface area contributed by atoms with Crippen LogP contribution < -0.4 is 21.3 Å². The standard InChI is InChI=1S/C23H29N7O4/c1-14-11-19-26-18(27-21(32)15-3-5-16(6-4-15)23(2,34)13-31)12-20(30(19)28-14)29-9-7-17(8-10-29)25-22(24)33/h3-6,11-12,17,31,34H,7-10,13H2,1-2H3,(H3,24,25,33)(H,26,27,32)/t23-/m0/s1. The third-order valence-electron chi connectivity index (χ3n) is 6.01. The molecule has 0 radical (unpaired) electrons. The van der Waals surface area contributed by atoms with Gasteiger partial charge in [0.05, 0.1) is 12.3 Å². The first-order valence-electron chi connectivity index (χ1n) is 11.1. The van der Waals surface area contributed by atoms with Crippen molar-refractivity contribution in [3.05, 3.63) is 53.2 Å². The second-order valence-electron chi connectivity index (χ2n) is 8.79. The number of aliphatic hydroxyl groups is 2. The van der Waals surface area contributed by atoms with Crippen LogP contribution in [-0.4, -0.2) is 62.5 Å². The summed E-state index contributed by atoms with van der Waals surface area (Å²) in [4.78, 5) is 30.7. The van der Waals surface area contributed by atoms with Crippen molar-refractivity contribution in [2.75, 3.05) is 29.9 Å². The lowest BCUT2D eigenvalue weighted by atomic mass is 9.96. The van der Waals surface area contributed by atoms with Gasteiger partial charge in [-0.05, 0) is 44.4 Å². The number of carbonyl (C=O) groups is 2. The number of piperidine rings is 1. The number of primary amides is 1. The predicted octanol–water partition coefficient (Wildman–Crippen LogP) is 1.13. The van der Waals surface area contributed by atoms with Crippen molar-refractivity contribution in [3.8, 4) is 0 Å². The number of nitrogens with zero attached hydrogens (tertiary/aromatic N) is 4. The molecule has 1 fully saturated rings. The lowest BCUT2D eigenvalue weighted by Crippen LogP contribution is -2.46. The molecule has 34 heavy (non-hydrogen) atoms. The van der Waals surface area contributed by atoms with E-state index in [1.165, 1.54) is 6.92 Å². The van der Waals surface area contributed by atoms with E-state index in [0.29, 0.717) is 35.7 Å². The van der Waals surface area contributed by atoms with Crippen molar-refractivity contribution < 1.29 is 19.8 Å². The average Bonchev–Trinajstić information content (AvgIpc) is 3.19. The molecule has 0 bridgehead atoms. The van der Waals surface area contributed by atoms with Crippen LogP contribution in [0.2, 0.25) is 0 Å². The van der Waals surface area contributed by atoms with E-state index in [1.807, 2.05) is 13.0 Å². The van der Waals surface area contributed by atoms with Crippen LogP contribution >= 0.6 is 0 Å². The normalized spacial score (nSPS) is 16.3. The number of hydrogen-bond acceptors (Lipinski definition) is 7. The lowest BCUT2D eigenvalue weighted by molar-refractivity contribution is -0.00229. The van der Waals surface area contributed by atoms with Crippen LogP contribution in [0.1, 0.15) is 41.4 Å². The number of nitrogens with two attached hydrogens (primary N) is 1. The van der Waals surface area contributed by atoms with Crippen LogP contribution in [-0.2, 0) is 5.60 Å². The highest BCUT2D eigenvalue weighted by Crippen LogP contribution is 2.25. The second kappa shape index (κ2) is 9.27. The van der Waals surface area contributed by atoms with Gasteiger partial charge in [0.15, 0.2) is 5.65 Å². The first-order valence-corrected chi connectivity index (χ1v) is 11.1. The number of rotatable bonds is 6. The summed E-state index contributed by atoms with van der Waals surface area (Å²) in [6.45, 7) is 4.32. The Kier molecular flexibility index (Phi) is 6.40. The Bertz CT molecular complexity index is 1200. The van der Waals surface area contributed by atoms with E-state index in [1.54, 1.807) is 34.8 Å². The molecule has 3 aromatic rings. The van der Waals surface area contributed by atoms with E-state index in [0.717, 1.165) is 24.4 Å². The Balaban J connectivity index is 1.55. The summed E-state index contributed by atoms with van der Waals surface area (Å²) < 4.78 is 1.75. The van der Waals surface area contributed by atoms with Crippen molar-refractivity contribution in [2.45, 2.75) is 38.3 Å². The first-order chi connectivity index (χ1) is 16.2. The van der Waals surface area contributed by atoms with Gasteiger partial charge in [-0.3, -0.25) is 4.79 Å². The smallest absolute Gasteiger partial charge is 0.312 e. The van der Waals surface area contributed by atoms with E-state index in [9.17, 15) is 19.8 Å². The molecule has 1 saturated heterocycles. The van der Waals surface area contributed by atoms with Gasteiger partial charge < -0.3 is 31.5 Å². The maximum Gasteiger partial charge on any atom is 0.312 e. The van der Waals surface area contributed by atoms with E-state index in [2.05, 4.69) is 25.6 Å². The van der Waals surface area contributed by atoms with E-state index < -0.39 is 18.2 Å². The fraction of sp³-hybridized carbons (Fsp3) is 0.391. The summed E-state index contributed by atoms with van der Waals surface area (Å²) in [6.07, 6.45) is 1.47. The molecule has 0 aliphatic carbocycles. The maximum atomic E-state index is 12.9. The molecular formula is C23H29N7O4. The summed E-state index contributed by atoms with van der Waals surface area (Å²) in [6, 6.07) is 9.53. The number of amides is 3. The highest BCUT2D eigenvalue weighted by molar-refractivity contribution is 6.04. The fourth-order valence-electron chi connectivity index (χ4n) is 4.08. The van der Waals surface area contributed by atoms with E-state index >= 15 is 0 Å². The number of aliphatic hydroxyl groups excluding tert-OH is 1. The van der Waals surface area contributed by atoms with Crippen LogP contribution in [0.25, 0.3) is 5.65 Å². The number of fused-ring (bicyclic) bond motifs is 1. The molecule has 3 amide bonds. The Labute approximate surface area is 196 Å². The van der Waals surface area contributed by atoms with Gasteiger partial charge in [0.25, 0.3) is 5.91 Å². The molecule has 11 heteroatoms. The topological polar surface area (TPSA) is 158 Å². The van der Waals surface area contributed by atoms with Gasteiger partial charge in [-0.2, -0.15) is 9.61 Å². The van der Waals surface area contributed by atoms with Gasteiger partial charge in [-0.1, -0.05) is 12.1 Å². The summed E-state index contributed by atoms with van der Waals surface area (Å²) in [5.74, 6) is 0.829. The zero-order valence-corrected chi connectivity index (χ0v) is 19.2. The molecule has 11 nitrogen and oxygen atoms in total. The highest BCUT2D eigenvalue weighted by atomic mass is 16.3. The molecule has 0 spiro atoms. The maximum absolute atomic E-state index is 12.9.